The van der Waals surface area contributed by atoms with Crippen molar-refractivity contribution in [3.05, 3.63) is 24.3 Å². The lowest BCUT2D eigenvalue weighted by atomic mass is 10.5. The molecule has 0 bridgehead atoms. The first kappa shape index (κ1) is 7.63. The molecule has 0 fully saturated rings. The number of nitrogens with zero attached hydrogens (tertiary/aromatic N) is 1. The fourth-order valence-corrected chi connectivity index (χ4v) is 1.04. The molecule has 0 aromatic carbocycles. The fourth-order valence-electron chi connectivity index (χ4n) is 0.457. The molecule has 0 saturated carbocycles. The highest BCUT2D eigenvalue weighted by molar-refractivity contribution is 8.08. The zero-order valence-corrected chi connectivity index (χ0v) is 6.32. The average Bonchev–Trinajstić information content (AvgIpc) is 1.88. The molecule has 1 unspecified atom stereocenters. The second kappa shape index (κ2) is 3.07. The maximum atomic E-state index is 12.1. The summed E-state index contributed by atoms with van der Waals surface area (Å²) >= 11 is 0. The standard InChI is InChI=1S/C5H3ClFNOS/c6-10(9)4-1-2-5(7)8-3-4/h1-3H. The molecule has 0 aliphatic carbocycles. The van der Waals surface area contributed by atoms with Crippen LogP contribution < -0.4 is 0 Å². The summed E-state index contributed by atoms with van der Waals surface area (Å²) in [6.07, 6.45) is 1.14. The van der Waals surface area contributed by atoms with E-state index in [9.17, 15) is 8.60 Å². The normalized spacial score (nSPS) is 13.0. The number of pyridine rings is 1. The molecule has 0 N–H and O–H groups in total. The minimum atomic E-state index is -1.59. The molecule has 0 radical (unpaired) electrons. The van der Waals surface area contributed by atoms with E-state index < -0.39 is 16.0 Å². The van der Waals surface area contributed by atoms with Gasteiger partial charge in [-0.1, -0.05) is 0 Å². The molecule has 0 spiro atoms. The summed E-state index contributed by atoms with van der Waals surface area (Å²) in [5, 5.41) is 0. The molecule has 2 nitrogen and oxygen atoms in total. The van der Waals surface area contributed by atoms with Gasteiger partial charge < -0.3 is 0 Å². The smallest absolute Gasteiger partial charge is 0.212 e. The summed E-state index contributed by atoms with van der Waals surface area (Å²) in [4.78, 5) is 3.56. The first-order valence-electron chi connectivity index (χ1n) is 2.40. The molecule has 0 aliphatic heterocycles. The highest BCUT2D eigenvalue weighted by atomic mass is 35.7. The Labute approximate surface area is 64.0 Å². The predicted octanol–water partition coefficient (Wildman–Crippen LogP) is 1.48. The second-order valence-electron chi connectivity index (χ2n) is 1.54. The summed E-state index contributed by atoms with van der Waals surface area (Å²) in [5.41, 5.74) is 0. The highest BCUT2D eigenvalue weighted by Gasteiger charge is 1.98. The SMILES string of the molecule is O=S(Cl)c1ccc(F)nc1. The monoisotopic (exact) mass is 179 g/mol. The van der Waals surface area contributed by atoms with Crippen LogP contribution in [0.25, 0.3) is 0 Å². The first-order valence-corrected chi connectivity index (χ1v) is 4.37. The van der Waals surface area contributed by atoms with E-state index in [1.165, 1.54) is 6.07 Å². The van der Waals surface area contributed by atoms with Crippen LogP contribution >= 0.6 is 10.7 Å². The molecule has 10 heavy (non-hydrogen) atoms. The molecule has 1 aromatic rings. The van der Waals surface area contributed by atoms with E-state index in [0.717, 1.165) is 12.3 Å². The summed E-state index contributed by atoms with van der Waals surface area (Å²) < 4.78 is 22.6. The summed E-state index contributed by atoms with van der Waals surface area (Å²) in [7, 11) is 3.57. The Balaban J connectivity index is 3.00. The van der Waals surface area contributed by atoms with Gasteiger partial charge in [0.1, 0.15) is 10.0 Å². The molecule has 1 rings (SSSR count). The van der Waals surface area contributed by atoms with Crippen molar-refractivity contribution in [2.75, 3.05) is 0 Å². The van der Waals surface area contributed by atoms with Gasteiger partial charge in [0, 0.05) is 6.20 Å². The number of hydrogen-bond acceptors (Lipinski definition) is 2. The third-order valence-corrected chi connectivity index (χ3v) is 2.03. The second-order valence-corrected chi connectivity index (χ2v) is 3.30. The van der Waals surface area contributed by atoms with Gasteiger partial charge in [0.15, 0.2) is 0 Å². The number of rotatable bonds is 1. The Kier molecular flexibility index (Phi) is 2.34. The molecule has 5 heteroatoms. The van der Waals surface area contributed by atoms with Crippen molar-refractivity contribution in [3.8, 4) is 0 Å². The topological polar surface area (TPSA) is 30.0 Å². The van der Waals surface area contributed by atoms with E-state index >= 15 is 0 Å². The minimum absolute atomic E-state index is 0.308. The molecule has 1 atom stereocenters. The van der Waals surface area contributed by atoms with Crippen molar-refractivity contribution in [3.63, 3.8) is 0 Å². The van der Waals surface area contributed by atoms with Crippen LogP contribution in [0.5, 0.6) is 0 Å². The third kappa shape index (κ3) is 1.75. The summed E-state index contributed by atoms with van der Waals surface area (Å²) in [5.74, 6) is -0.606. The van der Waals surface area contributed by atoms with E-state index in [0.29, 0.717) is 4.90 Å². The lowest BCUT2D eigenvalue weighted by molar-refractivity contribution is 0.581. The number of halogens is 2. The molecular formula is C5H3ClFNOS. The highest BCUT2D eigenvalue weighted by Crippen LogP contribution is 2.07. The number of aromatic nitrogens is 1. The molecule has 1 aromatic heterocycles. The van der Waals surface area contributed by atoms with Crippen LogP contribution in [-0.4, -0.2) is 9.19 Å². The van der Waals surface area contributed by atoms with Crippen molar-refractivity contribution >= 4 is 20.7 Å². The van der Waals surface area contributed by atoms with Crippen LogP contribution in [0.15, 0.2) is 23.2 Å². The predicted molar refractivity (Wildman–Crippen MR) is 36.5 cm³/mol. The molecule has 1 heterocycles. The van der Waals surface area contributed by atoms with Crippen molar-refractivity contribution in [1.82, 2.24) is 4.98 Å². The van der Waals surface area contributed by atoms with Crippen molar-refractivity contribution in [2.24, 2.45) is 0 Å². The summed E-state index contributed by atoms with van der Waals surface area (Å²) in [6, 6.07) is 2.43. The van der Waals surface area contributed by atoms with E-state index in [1.54, 1.807) is 0 Å². The Bertz CT molecular complexity index is 250. The Hall–Kier alpha value is -0.480. The number of hydrogen-bond donors (Lipinski definition) is 0. The van der Waals surface area contributed by atoms with Gasteiger partial charge in [-0.15, -0.1) is 0 Å². The van der Waals surface area contributed by atoms with Crippen LogP contribution in [0.2, 0.25) is 0 Å². The maximum Gasteiger partial charge on any atom is 0.212 e. The molecule has 0 saturated heterocycles. The molecular weight excluding hydrogens is 177 g/mol. The van der Waals surface area contributed by atoms with Gasteiger partial charge in [0.25, 0.3) is 0 Å². The van der Waals surface area contributed by atoms with Crippen LogP contribution in [0, 0.1) is 5.95 Å². The van der Waals surface area contributed by atoms with Crippen LogP contribution in [0.3, 0.4) is 0 Å². The van der Waals surface area contributed by atoms with Gasteiger partial charge in [-0.25, -0.2) is 9.19 Å². The maximum absolute atomic E-state index is 12.1. The van der Waals surface area contributed by atoms with E-state index in [1.807, 2.05) is 0 Å². The lowest BCUT2D eigenvalue weighted by Gasteiger charge is -1.90. The van der Waals surface area contributed by atoms with Gasteiger partial charge in [0.05, 0.1) is 4.90 Å². The van der Waals surface area contributed by atoms with Gasteiger partial charge >= 0.3 is 0 Å². The zero-order valence-electron chi connectivity index (χ0n) is 4.75. The Morgan fingerprint density at radius 2 is 2.30 bits per heavy atom. The lowest BCUT2D eigenvalue weighted by Crippen LogP contribution is -1.85. The van der Waals surface area contributed by atoms with Crippen LogP contribution in [0.1, 0.15) is 0 Å². The van der Waals surface area contributed by atoms with Gasteiger partial charge in [-0.3, -0.25) is 0 Å². The summed E-state index contributed by atoms with van der Waals surface area (Å²) in [6.45, 7) is 0. The van der Waals surface area contributed by atoms with Crippen molar-refractivity contribution in [2.45, 2.75) is 4.90 Å². The Morgan fingerprint density at radius 1 is 1.60 bits per heavy atom. The van der Waals surface area contributed by atoms with Crippen molar-refractivity contribution < 1.29 is 8.60 Å². The third-order valence-electron chi connectivity index (χ3n) is 0.886. The first-order chi connectivity index (χ1) is 4.70. The molecule has 0 aliphatic rings. The van der Waals surface area contributed by atoms with Crippen LogP contribution in [0.4, 0.5) is 4.39 Å². The van der Waals surface area contributed by atoms with E-state index in [4.69, 9.17) is 10.7 Å². The minimum Gasteiger partial charge on any atom is -0.237 e. The molecule has 0 amide bonds. The van der Waals surface area contributed by atoms with Gasteiger partial charge in [-0.05, 0) is 22.8 Å². The van der Waals surface area contributed by atoms with E-state index in [2.05, 4.69) is 4.98 Å². The van der Waals surface area contributed by atoms with Gasteiger partial charge in [0.2, 0.25) is 5.95 Å². The van der Waals surface area contributed by atoms with Gasteiger partial charge in [-0.2, -0.15) is 4.39 Å². The zero-order chi connectivity index (χ0) is 7.56. The quantitative estimate of drug-likeness (QED) is 0.483. The van der Waals surface area contributed by atoms with Crippen LogP contribution in [-0.2, 0) is 10.0 Å². The largest absolute Gasteiger partial charge is 0.237 e. The van der Waals surface area contributed by atoms with Crippen molar-refractivity contribution in [1.29, 1.82) is 0 Å². The Morgan fingerprint density at radius 3 is 2.70 bits per heavy atom. The fraction of sp³-hybridized carbons (Fsp3) is 0. The average molecular weight is 180 g/mol. The molecule has 54 valence electrons. The van der Waals surface area contributed by atoms with E-state index in [-0.39, 0.29) is 0 Å².